The van der Waals surface area contributed by atoms with E-state index in [9.17, 15) is 4.79 Å². The third-order valence-corrected chi connectivity index (χ3v) is 6.02. The number of ether oxygens (including phenoxy) is 1. The lowest BCUT2D eigenvalue weighted by atomic mass is 10.0. The first-order valence-corrected chi connectivity index (χ1v) is 11.2. The van der Waals surface area contributed by atoms with Crippen LogP contribution in [-0.2, 0) is 18.3 Å². The number of nitrogens with one attached hydrogen (secondary N) is 1. The number of anilines is 1. The first-order valence-electron chi connectivity index (χ1n) is 11.2. The maximum Gasteiger partial charge on any atom is 0.230 e. The molecule has 1 fully saturated rings. The van der Waals surface area contributed by atoms with Crippen molar-refractivity contribution in [1.82, 2.24) is 19.4 Å². The molecule has 0 unspecified atom stereocenters. The fourth-order valence-corrected chi connectivity index (χ4v) is 4.25. The predicted molar refractivity (Wildman–Crippen MR) is 126 cm³/mol. The number of likely N-dealkylation sites (tertiary alicyclic amines) is 1. The van der Waals surface area contributed by atoms with Crippen molar-refractivity contribution in [3.63, 3.8) is 0 Å². The third kappa shape index (κ3) is 5.16. The highest BCUT2D eigenvalue weighted by molar-refractivity contribution is 5.93. The second-order valence-corrected chi connectivity index (χ2v) is 8.36. The number of amides is 1. The average molecular weight is 434 g/mol. The summed E-state index contributed by atoms with van der Waals surface area (Å²) in [6.45, 7) is 7.77. The zero-order valence-electron chi connectivity index (χ0n) is 19.1. The van der Waals surface area contributed by atoms with E-state index in [1.54, 1.807) is 6.33 Å². The highest BCUT2D eigenvalue weighted by Crippen LogP contribution is 2.35. The van der Waals surface area contributed by atoms with Crippen LogP contribution in [-0.4, -0.2) is 51.6 Å². The van der Waals surface area contributed by atoms with Crippen molar-refractivity contribution in [3.8, 4) is 16.9 Å². The van der Waals surface area contributed by atoms with E-state index in [4.69, 9.17) is 4.74 Å². The van der Waals surface area contributed by atoms with E-state index in [0.717, 1.165) is 59.3 Å². The van der Waals surface area contributed by atoms with Crippen molar-refractivity contribution in [2.45, 2.75) is 33.1 Å². The van der Waals surface area contributed by atoms with Crippen molar-refractivity contribution in [2.75, 3.05) is 31.6 Å². The van der Waals surface area contributed by atoms with Gasteiger partial charge in [0.25, 0.3) is 0 Å². The van der Waals surface area contributed by atoms with Crippen LogP contribution in [0.4, 0.5) is 5.69 Å². The van der Waals surface area contributed by atoms with E-state index in [0.29, 0.717) is 13.0 Å². The normalized spacial score (nSPS) is 14.0. The lowest BCUT2D eigenvalue weighted by Crippen LogP contribution is -2.25. The Balaban J connectivity index is 1.56. The molecular weight excluding hydrogens is 402 g/mol. The van der Waals surface area contributed by atoms with Crippen molar-refractivity contribution in [1.29, 1.82) is 0 Å². The first kappa shape index (κ1) is 22.0. The van der Waals surface area contributed by atoms with Crippen LogP contribution in [0.25, 0.3) is 11.1 Å². The average Bonchev–Trinajstić information content (AvgIpc) is 3.41. The van der Waals surface area contributed by atoms with Gasteiger partial charge in [-0.05, 0) is 70.1 Å². The van der Waals surface area contributed by atoms with Crippen molar-refractivity contribution in [3.05, 3.63) is 59.9 Å². The van der Waals surface area contributed by atoms with Crippen molar-refractivity contribution >= 4 is 11.6 Å². The Labute approximate surface area is 189 Å². The molecule has 3 aromatic rings. The Morgan fingerprint density at radius 2 is 1.88 bits per heavy atom. The van der Waals surface area contributed by atoms with E-state index < -0.39 is 0 Å². The largest absolute Gasteiger partial charge is 0.492 e. The van der Waals surface area contributed by atoms with Crippen molar-refractivity contribution in [2.24, 2.45) is 7.05 Å². The molecule has 0 spiro atoms. The van der Waals surface area contributed by atoms with Crippen LogP contribution in [0.5, 0.6) is 5.75 Å². The van der Waals surface area contributed by atoms with Gasteiger partial charge in [0, 0.05) is 53.7 Å². The molecule has 168 valence electrons. The Bertz CT molecular complexity index is 1070. The second-order valence-electron chi connectivity index (χ2n) is 8.36. The highest BCUT2D eigenvalue weighted by Gasteiger charge is 2.17. The first-order chi connectivity index (χ1) is 15.5. The molecule has 7 nitrogen and oxygen atoms in total. The topological polar surface area (TPSA) is 72.3 Å². The van der Waals surface area contributed by atoms with Crippen LogP contribution in [0.2, 0.25) is 0 Å². The summed E-state index contributed by atoms with van der Waals surface area (Å²) in [5.74, 6) is 0.726. The molecular formula is C25H31N5O2. The van der Waals surface area contributed by atoms with Crippen LogP contribution < -0.4 is 10.1 Å². The number of aromatic nitrogens is 3. The molecule has 32 heavy (non-hydrogen) atoms. The Hall–Kier alpha value is -3.19. The number of benzene rings is 1. The molecule has 1 aliphatic heterocycles. The molecule has 1 amide bonds. The van der Waals surface area contributed by atoms with Gasteiger partial charge in [-0.15, -0.1) is 0 Å². The molecule has 0 atom stereocenters. The molecule has 0 radical (unpaired) electrons. The molecule has 0 bridgehead atoms. The van der Waals surface area contributed by atoms with Gasteiger partial charge in [0.05, 0.1) is 6.42 Å². The Kier molecular flexibility index (Phi) is 6.85. The molecule has 1 saturated heterocycles. The smallest absolute Gasteiger partial charge is 0.230 e. The minimum Gasteiger partial charge on any atom is -0.492 e. The maximum absolute atomic E-state index is 12.6. The van der Waals surface area contributed by atoms with Gasteiger partial charge < -0.3 is 14.6 Å². The van der Waals surface area contributed by atoms with Gasteiger partial charge >= 0.3 is 0 Å². The van der Waals surface area contributed by atoms with Gasteiger partial charge in [-0.2, -0.15) is 0 Å². The number of nitrogens with zero attached hydrogens (tertiary/aromatic N) is 4. The minimum absolute atomic E-state index is 0.0572. The van der Waals surface area contributed by atoms with E-state index in [1.165, 1.54) is 12.8 Å². The lowest BCUT2D eigenvalue weighted by Gasteiger charge is -2.18. The molecule has 4 rings (SSSR count). The molecule has 2 aromatic heterocycles. The fourth-order valence-electron chi connectivity index (χ4n) is 4.25. The minimum atomic E-state index is -0.0572. The van der Waals surface area contributed by atoms with Gasteiger partial charge in [-0.3, -0.25) is 9.69 Å². The van der Waals surface area contributed by atoms with Gasteiger partial charge in [0.1, 0.15) is 18.7 Å². The molecule has 1 aromatic carbocycles. The van der Waals surface area contributed by atoms with Crippen LogP contribution in [0.3, 0.4) is 0 Å². The summed E-state index contributed by atoms with van der Waals surface area (Å²) in [4.78, 5) is 23.8. The summed E-state index contributed by atoms with van der Waals surface area (Å²) in [6.07, 6.45) is 6.37. The van der Waals surface area contributed by atoms with Gasteiger partial charge in [0.2, 0.25) is 5.91 Å². The second kappa shape index (κ2) is 9.96. The summed E-state index contributed by atoms with van der Waals surface area (Å²) in [6, 6.07) is 9.69. The van der Waals surface area contributed by atoms with Gasteiger partial charge in [-0.1, -0.05) is 0 Å². The zero-order valence-corrected chi connectivity index (χ0v) is 19.1. The monoisotopic (exact) mass is 433 g/mol. The van der Waals surface area contributed by atoms with E-state index in [2.05, 4.69) is 20.2 Å². The zero-order chi connectivity index (χ0) is 22.5. The van der Waals surface area contributed by atoms with Gasteiger partial charge in [-0.25, -0.2) is 9.97 Å². The van der Waals surface area contributed by atoms with Gasteiger partial charge in [0.15, 0.2) is 0 Å². The summed E-state index contributed by atoms with van der Waals surface area (Å²) in [7, 11) is 1.94. The van der Waals surface area contributed by atoms with E-state index in [-0.39, 0.29) is 5.91 Å². The number of hydrogen-bond acceptors (Lipinski definition) is 5. The summed E-state index contributed by atoms with van der Waals surface area (Å²) in [5.41, 5.74) is 5.31. The molecule has 0 saturated carbocycles. The number of carbonyl (C=O) groups excluding carboxylic acids is 1. The summed E-state index contributed by atoms with van der Waals surface area (Å²) in [5, 5.41) is 3.03. The predicted octanol–water partition coefficient (Wildman–Crippen LogP) is 3.75. The van der Waals surface area contributed by atoms with E-state index in [1.807, 2.05) is 62.0 Å². The fraction of sp³-hybridized carbons (Fsp3) is 0.400. The van der Waals surface area contributed by atoms with Crippen LogP contribution >= 0.6 is 0 Å². The standard InChI is InChI=1S/C25H31N5O2/c1-18-25(19(2)27-17-26-18)22-15-20(28-24(31)16-21-7-6-10-29(21)3)8-9-23(22)32-14-13-30-11-4-5-12-30/h6-10,15,17H,4-5,11-14,16H2,1-3H3,(H,28,31). The summed E-state index contributed by atoms with van der Waals surface area (Å²) >= 11 is 0. The highest BCUT2D eigenvalue weighted by atomic mass is 16.5. The molecule has 1 aliphatic rings. The maximum atomic E-state index is 12.6. The molecule has 1 N–H and O–H groups in total. The lowest BCUT2D eigenvalue weighted by molar-refractivity contribution is -0.115. The molecule has 7 heteroatoms. The summed E-state index contributed by atoms with van der Waals surface area (Å²) < 4.78 is 8.17. The number of hydrogen-bond donors (Lipinski definition) is 1. The van der Waals surface area contributed by atoms with Crippen LogP contribution in [0, 0.1) is 13.8 Å². The number of carbonyl (C=O) groups is 1. The Morgan fingerprint density at radius 1 is 1.12 bits per heavy atom. The number of rotatable bonds is 8. The third-order valence-electron chi connectivity index (χ3n) is 6.02. The quantitative estimate of drug-likeness (QED) is 0.586. The Morgan fingerprint density at radius 3 is 2.56 bits per heavy atom. The molecule has 0 aliphatic carbocycles. The number of aryl methyl sites for hydroxylation is 3. The molecule has 3 heterocycles. The van der Waals surface area contributed by atoms with E-state index >= 15 is 0 Å². The van der Waals surface area contributed by atoms with Crippen LogP contribution in [0.15, 0.2) is 42.9 Å². The van der Waals surface area contributed by atoms with Crippen molar-refractivity contribution < 1.29 is 9.53 Å². The van der Waals surface area contributed by atoms with Crippen LogP contribution in [0.1, 0.15) is 29.9 Å². The SMILES string of the molecule is Cc1ncnc(C)c1-c1cc(NC(=O)Cc2cccn2C)ccc1OCCN1CCCC1.